The number of amides is 2. The van der Waals surface area contributed by atoms with E-state index < -0.39 is 6.10 Å². The second-order valence-electron chi connectivity index (χ2n) is 6.99. The molecule has 144 valence electrons. The Morgan fingerprint density at radius 1 is 1.31 bits per heavy atom. The van der Waals surface area contributed by atoms with Crippen molar-refractivity contribution >= 4 is 11.8 Å². The number of carbonyl (C=O) groups excluding carboxylic acids is 2. The highest BCUT2D eigenvalue weighted by molar-refractivity contribution is 5.83. The van der Waals surface area contributed by atoms with Gasteiger partial charge >= 0.3 is 0 Å². The summed E-state index contributed by atoms with van der Waals surface area (Å²) in [6.07, 6.45) is 2.59. The third-order valence-corrected chi connectivity index (χ3v) is 5.22. The van der Waals surface area contributed by atoms with Gasteiger partial charge < -0.3 is 9.64 Å². The molecule has 1 aliphatic rings. The summed E-state index contributed by atoms with van der Waals surface area (Å²) >= 11 is 0. The Morgan fingerprint density at radius 3 is 2.69 bits per heavy atom. The van der Waals surface area contributed by atoms with E-state index in [9.17, 15) is 9.59 Å². The van der Waals surface area contributed by atoms with E-state index in [1.807, 2.05) is 25.1 Å². The van der Waals surface area contributed by atoms with Crippen LogP contribution in [-0.2, 0) is 9.59 Å². The maximum absolute atomic E-state index is 13.0. The lowest BCUT2D eigenvalue weighted by Crippen LogP contribution is -2.50. The van der Waals surface area contributed by atoms with Gasteiger partial charge in [-0.25, -0.2) is 5.84 Å². The average Bonchev–Trinajstić information content (AvgIpc) is 2.70. The second kappa shape index (κ2) is 9.57. The van der Waals surface area contributed by atoms with Crippen LogP contribution < -0.4 is 16.0 Å². The smallest absolute Gasteiger partial charge is 0.263 e. The van der Waals surface area contributed by atoms with E-state index in [1.165, 1.54) is 0 Å². The lowest BCUT2D eigenvalue weighted by atomic mass is 9.96. The minimum Gasteiger partial charge on any atom is -0.480 e. The normalized spacial score (nSPS) is 19.5. The molecule has 0 saturated carbocycles. The molecule has 6 heteroatoms. The topological polar surface area (TPSA) is 84.7 Å². The number of ether oxygens (including phenoxy) is 1. The number of nitrogens with two attached hydrogens (primary N) is 1. The maximum Gasteiger partial charge on any atom is 0.263 e. The Bertz CT molecular complexity index is 620. The lowest BCUT2D eigenvalue weighted by Gasteiger charge is -2.34. The molecule has 26 heavy (non-hydrogen) atoms. The van der Waals surface area contributed by atoms with Crippen LogP contribution in [0.2, 0.25) is 0 Å². The van der Waals surface area contributed by atoms with Gasteiger partial charge in [-0.3, -0.25) is 15.0 Å². The number of hydrogen-bond acceptors (Lipinski definition) is 4. The number of rotatable bonds is 7. The highest BCUT2D eigenvalue weighted by Gasteiger charge is 2.32. The fourth-order valence-electron chi connectivity index (χ4n) is 3.39. The van der Waals surface area contributed by atoms with Crippen molar-refractivity contribution in [2.75, 3.05) is 13.1 Å². The van der Waals surface area contributed by atoms with Gasteiger partial charge in [-0.05, 0) is 43.2 Å². The summed E-state index contributed by atoms with van der Waals surface area (Å²) in [6.45, 7) is 7.29. The molecule has 1 fully saturated rings. The van der Waals surface area contributed by atoms with Crippen LogP contribution in [0.15, 0.2) is 24.3 Å². The predicted molar refractivity (Wildman–Crippen MR) is 101 cm³/mol. The van der Waals surface area contributed by atoms with Crippen LogP contribution in [-0.4, -0.2) is 35.9 Å². The molecule has 1 heterocycles. The zero-order valence-electron chi connectivity index (χ0n) is 16.0. The summed E-state index contributed by atoms with van der Waals surface area (Å²) in [5, 5.41) is 0. The number of para-hydroxylation sites is 1. The van der Waals surface area contributed by atoms with Crippen molar-refractivity contribution in [2.24, 2.45) is 11.8 Å². The molecule has 0 aromatic heterocycles. The van der Waals surface area contributed by atoms with Crippen LogP contribution in [0.4, 0.5) is 0 Å². The van der Waals surface area contributed by atoms with E-state index in [0.717, 1.165) is 30.6 Å². The van der Waals surface area contributed by atoms with Crippen LogP contribution in [0.3, 0.4) is 0 Å². The number of likely N-dealkylation sites (tertiary alicyclic amines) is 1. The van der Waals surface area contributed by atoms with E-state index in [0.29, 0.717) is 25.4 Å². The fraction of sp³-hybridized carbons (Fsp3) is 0.600. The second-order valence-corrected chi connectivity index (χ2v) is 6.99. The van der Waals surface area contributed by atoms with Crippen LogP contribution in [0, 0.1) is 5.92 Å². The van der Waals surface area contributed by atoms with Crippen LogP contribution >= 0.6 is 0 Å². The monoisotopic (exact) mass is 361 g/mol. The molecule has 2 amide bonds. The molecule has 1 aromatic carbocycles. The standard InChI is InChI=1S/C20H31N3O3/c1-4-14(3)16-10-6-7-11-18(16)26-17(5-2)20(25)23-12-8-9-15(13-23)19(24)22-21/h6-7,10-11,14-15,17H,4-5,8-9,12-13,21H2,1-3H3,(H,22,24). The van der Waals surface area contributed by atoms with E-state index in [2.05, 4.69) is 25.3 Å². The Kier molecular flexibility index (Phi) is 7.45. The van der Waals surface area contributed by atoms with Crippen molar-refractivity contribution < 1.29 is 14.3 Å². The van der Waals surface area contributed by atoms with Crippen molar-refractivity contribution in [1.82, 2.24) is 10.3 Å². The Balaban J connectivity index is 2.11. The van der Waals surface area contributed by atoms with Crippen LogP contribution in [0.25, 0.3) is 0 Å². The van der Waals surface area contributed by atoms with Crippen LogP contribution in [0.5, 0.6) is 5.75 Å². The molecule has 3 N–H and O–H groups in total. The van der Waals surface area contributed by atoms with Crippen LogP contribution in [0.1, 0.15) is 57.9 Å². The Hall–Kier alpha value is -2.08. The van der Waals surface area contributed by atoms with Crippen molar-refractivity contribution in [3.8, 4) is 5.75 Å². The molecule has 3 unspecified atom stereocenters. The molecule has 3 atom stereocenters. The molecule has 1 aromatic rings. The largest absolute Gasteiger partial charge is 0.480 e. The molecule has 1 saturated heterocycles. The van der Waals surface area contributed by atoms with Crippen molar-refractivity contribution in [2.45, 2.75) is 58.5 Å². The Labute approximate surface area is 156 Å². The minimum absolute atomic E-state index is 0.0547. The van der Waals surface area contributed by atoms with Gasteiger partial charge in [0.25, 0.3) is 5.91 Å². The van der Waals surface area contributed by atoms with Gasteiger partial charge in [0.05, 0.1) is 5.92 Å². The van der Waals surface area contributed by atoms with E-state index in [4.69, 9.17) is 10.6 Å². The van der Waals surface area contributed by atoms with Crippen molar-refractivity contribution in [3.05, 3.63) is 29.8 Å². The summed E-state index contributed by atoms with van der Waals surface area (Å²) < 4.78 is 6.14. The zero-order valence-corrected chi connectivity index (χ0v) is 16.0. The predicted octanol–water partition coefficient (Wildman–Crippen LogP) is 2.59. The first-order valence-corrected chi connectivity index (χ1v) is 9.56. The van der Waals surface area contributed by atoms with Gasteiger partial charge in [0.1, 0.15) is 5.75 Å². The van der Waals surface area contributed by atoms with E-state index in [1.54, 1.807) is 4.90 Å². The summed E-state index contributed by atoms with van der Waals surface area (Å²) in [4.78, 5) is 26.5. The Morgan fingerprint density at radius 2 is 2.04 bits per heavy atom. The van der Waals surface area contributed by atoms with Gasteiger partial charge in [-0.15, -0.1) is 0 Å². The molecule has 0 bridgehead atoms. The maximum atomic E-state index is 13.0. The number of nitrogens with one attached hydrogen (secondary N) is 1. The van der Waals surface area contributed by atoms with Gasteiger partial charge in [0.2, 0.25) is 5.91 Å². The van der Waals surface area contributed by atoms with Gasteiger partial charge in [0, 0.05) is 13.1 Å². The molecule has 0 spiro atoms. The van der Waals surface area contributed by atoms with Crippen molar-refractivity contribution in [1.29, 1.82) is 0 Å². The number of piperidine rings is 1. The molecule has 0 aliphatic carbocycles. The highest BCUT2D eigenvalue weighted by atomic mass is 16.5. The number of carbonyl (C=O) groups is 2. The molecular weight excluding hydrogens is 330 g/mol. The van der Waals surface area contributed by atoms with Gasteiger partial charge in [-0.1, -0.05) is 39.0 Å². The summed E-state index contributed by atoms with van der Waals surface area (Å²) in [6, 6.07) is 7.92. The zero-order chi connectivity index (χ0) is 19.1. The van der Waals surface area contributed by atoms with E-state index in [-0.39, 0.29) is 17.7 Å². The number of hydrazine groups is 1. The quantitative estimate of drug-likeness (QED) is 0.444. The minimum atomic E-state index is -0.542. The average molecular weight is 361 g/mol. The first-order chi connectivity index (χ1) is 12.5. The fourth-order valence-corrected chi connectivity index (χ4v) is 3.39. The van der Waals surface area contributed by atoms with Gasteiger partial charge in [-0.2, -0.15) is 0 Å². The van der Waals surface area contributed by atoms with Gasteiger partial charge in [0.15, 0.2) is 6.10 Å². The number of benzene rings is 1. The third-order valence-electron chi connectivity index (χ3n) is 5.22. The summed E-state index contributed by atoms with van der Waals surface area (Å²) in [7, 11) is 0. The summed E-state index contributed by atoms with van der Waals surface area (Å²) in [5.74, 6) is 5.87. The SMILES string of the molecule is CCC(Oc1ccccc1C(C)CC)C(=O)N1CCCC(C(=O)NN)C1. The third kappa shape index (κ3) is 4.75. The summed E-state index contributed by atoms with van der Waals surface area (Å²) in [5.41, 5.74) is 3.32. The molecule has 0 radical (unpaired) electrons. The lowest BCUT2D eigenvalue weighted by molar-refractivity contribution is -0.142. The molecule has 1 aliphatic heterocycles. The number of nitrogens with zero attached hydrogens (tertiary/aromatic N) is 1. The number of hydrogen-bond donors (Lipinski definition) is 2. The van der Waals surface area contributed by atoms with E-state index >= 15 is 0 Å². The highest BCUT2D eigenvalue weighted by Crippen LogP contribution is 2.30. The molecule has 6 nitrogen and oxygen atoms in total. The molecule has 2 rings (SSSR count). The van der Waals surface area contributed by atoms with Crippen molar-refractivity contribution in [3.63, 3.8) is 0 Å². The molecular formula is C20H31N3O3. The first-order valence-electron chi connectivity index (χ1n) is 9.56. The first kappa shape index (κ1) is 20.2.